The molecule has 0 aliphatic heterocycles. The number of hydrogen-bond acceptors (Lipinski definition) is 6. The molecule has 292 valence electrons. The second-order valence-corrected chi connectivity index (χ2v) is 14.0. The molecule has 0 atom stereocenters. The summed E-state index contributed by atoms with van der Waals surface area (Å²) in [4.78, 5) is 30.7. The van der Waals surface area contributed by atoms with Crippen molar-refractivity contribution in [2.24, 2.45) is 0 Å². The molecule has 0 heterocycles. The van der Waals surface area contributed by atoms with E-state index in [2.05, 4.69) is 13.8 Å². The Balaban J connectivity index is -0.000000705. The second kappa shape index (κ2) is 44.4. The number of benzene rings is 1. The molecule has 0 fully saturated rings. The average molecular weight is 729 g/mol. The van der Waals surface area contributed by atoms with E-state index in [0.717, 1.165) is 25.7 Å². The number of carboxylic acids is 3. The summed E-state index contributed by atoms with van der Waals surface area (Å²) in [5, 5.41) is 37.7. The monoisotopic (exact) mass is 729 g/mol. The number of aromatic hydroxyl groups is 1. The molecule has 2 N–H and O–H groups in total. The van der Waals surface area contributed by atoms with E-state index < -0.39 is 17.9 Å². The van der Waals surface area contributed by atoms with Crippen LogP contribution in [0.15, 0.2) is 24.3 Å². The largest absolute Gasteiger partial charge is 2.00 e. The van der Waals surface area contributed by atoms with Crippen LogP contribution in [0.3, 0.4) is 0 Å². The van der Waals surface area contributed by atoms with Gasteiger partial charge in [-0.3, -0.25) is 0 Å². The van der Waals surface area contributed by atoms with Crippen LogP contribution >= 0.6 is 0 Å². The minimum Gasteiger partial charge on any atom is -0.550 e. The number of phenols is 1. The predicted molar refractivity (Wildman–Crippen MR) is 210 cm³/mol. The minimum atomic E-state index is -1.11. The summed E-state index contributed by atoms with van der Waals surface area (Å²) in [5.74, 6) is -3.12. The standard InChI is InChI=1S/2C18H36O2.C7H6O3.Mg/c2*1-2-3-4-5-6-7-8-9-10-11-12-13-14-15-16-17-18(19)20;8-6-4-2-1-3-5(6)7(9)10;/h2*2-17H2,1H3,(H,19,20);1-4,8H,(H,9,10);/q;;;+2/p-2. The number of hydrogen-bond donors (Lipinski definition) is 2. The predicted octanol–water partition coefficient (Wildman–Crippen LogP) is 10.7. The third kappa shape index (κ3) is 46.2. The Labute approximate surface area is 329 Å². The molecule has 0 spiro atoms. The van der Waals surface area contributed by atoms with Crippen molar-refractivity contribution in [3.05, 3.63) is 29.8 Å². The zero-order chi connectivity index (χ0) is 37.3. The van der Waals surface area contributed by atoms with Crippen molar-refractivity contribution in [1.82, 2.24) is 0 Å². The fourth-order valence-corrected chi connectivity index (χ4v) is 5.94. The maximum absolute atomic E-state index is 10.3. The molecular formula is C43H76MgO7. The number of carbonyl (C=O) groups is 3. The van der Waals surface area contributed by atoms with Crippen LogP contribution in [0.1, 0.15) is 230 Å². The summed E-state index contributed by atoms with van der Waals surface area (Å²) in [6.45, 7) is 4.53. The Morgan fingerprint density at radius 3 is 0.882 bits per heavy atom. The van der Waals surface area contributed by atoms with Crippen LogP contribution in [0.2, 0.25) is 0 Å². The third-order valence-electron chi connectivity index (χ3n) is 9.10. The van der Waals surface area contributed by atoms with Gasteiger partial charge in [-0.25, -0.2) is 4.79 Å². The van der Waals surface area contributed by atoms with E-state index in [-0.39, 0.29) is 47.2 Å². The number of carbonyl (C=O) groups excluding carboxylic acids is 2. The topological polar surface area (TPSA) is 138 Å². The summed E-state index contributed by atoms with van der Waals surface area (Å²) < 4.78 is 0. The first kappa shape index (κ1) is 53.5. The molecule has 0 aromatic heterocycles. The number of aromatic carboxylic acids is 1. The van der Waals surface area contributed by atoms with E-state index in [1.165, 1.54) is 179 Å². The van der Waals surface area contributed by atoms with Gasteiger partial charge in [0, 0.05) is 11.9 Å². The summed E-state index contributed by atoms with van der Waals surface area (Å²) in [5.41, 5.74) is -0.0671. The quantitative estimate of drug-likeness (QED) is 0.0542. The van der Waals surface area contributed by atoms with Crippen LogP contribution in [0.4, 0.5) is 0 Å². The van der Waals surface area contributed by atoms with Gasteiger partial charge in [0.25, 0.3) is 0 Å². The van der Waals surface area contributed by atoms with Crippen molar-refractivity contribution in [3.8, 4) is 5.75 Å². The smallest absolute Gasteiger partial charge is 0.550 e. The van der Waals surface area contributed by atoms with Crippen molar-refractivity contribution in [1.29, 1.82) is 0 Å². The molecule has 0 saturated carbocycles. The van der Waals surface area contributed by atoms with Crippen molar-refractivity contribution < 1.29 is 34.8 Å². The normalized spacial score (nSPS) is 10.3. The molecule has 0 saturated heterocycles. The van der Waals surface area contributed by atoms with Gasteiger partial charge in [-0.1, -0.05) is 206 Å². The van der Waals surface area contributed by atoms with Crippen molar-refractivity contribution in [3.63, 3.8) is 0 Å². The van der Waals surface area contributed by atoms with Crippen LogP contribution in [0.25, 0.3) is 0 Å². The number of aliphatic carboxylic acids is 2. The fourth-order valence-electron chi connectivity index (χ4n) is 5.94. The van der Waals surface area contributed by atoms with Crippen molar-refractivity contribution in [2.45, 2.75) is 219 Å². The molecule has 51 heavy (non-hydrogen) atoms. The van der Waals surface area contributed by atoms with E-state index in [0.29, 0.717) is 0 Å². The first-order chi connectivity index (χ1) is 24.3. The fraction of sp³-hybridized carbons (Fsp3) is 0.791. The van der Waals surface area contributed by atoms with Crippen LogP contribution in [-0.4, -0.2) is 51.2 Å². The molecular weight excluding hydrogens is 653 g/mol. The zero-order valence-electron chi connectivity index (χ0n) is 33.1. The van der Waals surface area contributed by atoms with Crippen molar-refractivity contribution >= 4 is 41.0 Å². The van der Waals surface area contributed by atoms with Gasteiger partial charge < -0.3 is 30.0 Å². The van der Waals surface area contributed by atoms with Crippen molar-refractivity contribution in [2.75, 3.05) is 0 Å². The summed E-state index contributed by atoms with van der Waals surface area (Å²) >= 11 is 0. The molecule has 1 aromatic rings. The molecule has 0 aliphatic rings. The van der Waals surface area contributed by atoms with Crippen LogP contribution in [0, 0.1) is 0 Å². The number of unbranched alkanes of at least 4 members (excludes halogenated alkanes) is 28. The second-order valence-electron chi connectivity index (χ2n) is 14.0. The Kier molecular flexibility index (Phi) is 46.6. The molecule has 0 unspecified atom stereocenters. The van der Waals surface area contributed by atoms with Crippen LogP contribution < -0.4 is 10.2 Å². The maximum Gasteiger partial charge on any atom is 2.00 e. The number of rotatable bonds is 33. The Bertz CT molecular complexity index is 849. The third-order valence-corrected chi connectivity index (χ3v) is 9.10. The van der Waals surface area contributed by atoms with Gasteiger partial charge in [0.2, 0.25) is 0 Å². The van der Waals surface area contributed by atoms with Gasteiger partial charge in [0.15, 0.2) is 0 Å². The molecule has 0 amide bonds. The Morgan fingerprint density at radius 1 is 0.451 bits per heavy atom. The van der Waals surface area contributed by atoms with Gasteiger partial charge >= 0.3 is 29.0 Å². The van der Waals surface area contributed by atoms with E-state index >= 15 is 0 Å². The summed E-state index contributed by atoms with van der Waals surface area (Å²) in [6.07, 6.45) is 39.7. The Morgan fingerprint density at radius 2 is 0.686 bits per heavy atom. The van der Waals surface area contributed by atoms with E-state index in [1.807, 2.05) is 0 Å². The first-order valence-electron chi connectivity index (χ1n) is 20.7. The van der Waals surface area contributed by atoms with Gasteiger partial charge in [-0.15, -0.1) is 0 Å². The van der Waals surface area contributed by atoms with Gasteiger partial charge in [0.1, 0.15) is 11.3 Å². The van der Waals surface area contributed by atoms with Crippen LogP contribution in [0.5, 0.6) is 5.75 Å². The minimum absolute atomic E-state index is 0. The van der Waals surface area contributed by atoms with Gasteiger partial charge in [-0.2, -0.15) is 0 Å². The van der Waals surface area contributed by atoms with Crippen LogP contribution in [-0.2, 0) is 9.59 Å². The maximum atomic E-state index is 10.3. The molecule has 1 aromatic carbocycles. The summed E-state index contributed by atoms with van der Waals surface area (Å²) in [7, 11) is 0. The number of para-hydroxylation sites is 1. The first-order valence-corrected chi connectivity index (χ1v) is 20.7. The Hall–Kier alpha value is -1.80. The van der Waals surface area contributed by atoms with Gasteiger partial charge in [-0.05, 0) is 37.8 Å². The average Bonchev–Trinajstić information content (AvgIpc) is 3.08. The molecule has 0 aliphatic carbocycles. The molecule has 7 nitrogen and oxygen atoms in total. The van der Waals surface area contributed by atoms with E-state index in [9.17, 15) is 24.6 Å². The molecule has 8 heteroatoms. The SMILES string of the molecule is CCCCCCCCCCCCCCCCCC(=O)[O-].CCCCCCCCCCCCCCCCCC(=O)[O-].O=C(O)c1ccccc1O.[Mg+2]. The van der Waals surface area contributed by atoms with E-state index in [1.54, 1.807) is 12.1 Å². The molecule has 0 bridgehead atoms. The van der Waals surface area contributed by atoms with E-state index in [4.69, 9.17) is 10.2 Å². The molecule has 0 radical (unpaired) electrons. The van der Waals surface area contributed by atoms with Gasteiger partial charge in [0.05, 0.1) is 0 Å². The zero-order valence-corrected chi connectivity index (χ0v) is 34.5. The summed E-state index contributed by atoms with van der Waals surface area (Å²) in [6, 6.07) is 5.81. The number of carboxylic acid groups (broad SMARTS) is 3. The molecule has 1 rings (SSSR count).